The second-order valence-corrected chi connectivity index (χ2v) is 6.32. The van der Waals surface area contributed by atoms with Gasteiger partial charge in [-0.15, -0.1) is 0 Å². The van der Waals surface area contributed by atoms with Gasteiger partial charge in [-0.1, -0.05) is 6.07 Å². The van der Waals surface area contributed by atoms with Crippen molar-refractivity contribution in [1.82, 2.24) is 29.5 Å². The van der Waals surface area contributed by atoms with Gasteiger partial charge in [-0.2, -0.15) is 0 Å². The molecular weight excluding hydrogens is 344 g/mol. The van der Waals surface area contributed by atoms with E-state index >= 15 is 0 Å². The van der Waals surface area contributed by atoms with Gasteiger partial charge in [0.15, 0.2) is 5.65 Å². The molecule has 5 heterocycles. The van der Waals surface area contributed by atoms with Gasteiger partial charge in [0, 0.05) is 30.2 Å². The summed E-state index contributed by atoms with van der Waals surface area (Å²) in [6.45, 7) is 0.551. The maximum absolute atomic E-state index is 12.9. The summed E-state index contributed by atoms with van der Waals surface area (Å²) in [6.07, 6.45) is 4.84. The van der Waals surface area contributed by atoms with Crippen LogP contribution >= 0.6 is 0 Å². The molecule has 1 aliphatic heterocycles. The Morgan fingerprint density at radius 3 is 2.70 bits per heavy atom. The van der Waals surface area contributed by atoms with E-state index in [0.29, 0.717) is 34.7 Å². The summed E-state index contributed by atoms with van der Waals surface area (Å²) in [4.78, 5) is 40.0. The van der Waals surface area contributed by atoms with E-state index < -0.39 is 0 Å². The van der Waals surface area contributed by atoms with Crippen LogP contribution in [0.1, 0.15) is 21.6 Å². The van der Waals surface area contributed by atoms with Crippen molar-refractivity contribution in [2.45, 2.75) is 13.1 Å². The minimum Gasteiger partial charge on any atom is -0.328 e. The standard InChI is InChI=1S/C19H14N6O2/c26-18(12-4-7-20-8-5-12)24-10-13-16(11-24)22-17-9-15(23-25(17)19(13)27)14-3-1-2-6-21-14/h1-9,23H,10-11H2. The molecule has 0 spiro atoms. The second-order valence-electron chi connectivity index (χ2n) is 6.32. The second kappa shape index (κ2) is 5.87. The fourth-order valence-corrected chi connectivity index (χ4v) is 3.30. The number of nitrogens with one attached hydrogen (secondary N) is 1. The number of carbonyl (C=O) groups is 1. The molecule has 8 heteroatoms. The quantitative estimate of drug-likeness (QED) is 0.588. The molecule has 8 nitrogen and oxygen atoms in total. The zero-order valence-corrected chi connectivity index (χ0v) is 14.2. The number of hydrogen-bond donors (Lipinski definition) is 1. The molecule has 0 atom stereocenters. The molecule has 4 aromatic rings. The molecule has 1 N–H and O–H groups in total. The van der Waals surface area contributed by atoms with Crippen LogP contribution in [0.3, 0.4) is 0 Å². The predicted molar refractivity (Wildman–Crippen MR) is 96.9 cm³/mol. The first-order valence-corrected chi connectivity index (χ1v) is 8.45. The molecule has 132 valence electrons. The van der Waals surface area contributed by atoms with Crippen molar-refractivity contribution in [3.8, 4) is 11.4 Å². The van der Waals surface area contributed by atoms with Gasteiger partial charge in [0.2, 0.25) is 0 Å². The van der Waals surface area contributed by atoms with E-state index in [0.717, 1.165) is 5.69 Å². The number of nitrogens with zero attached hydrogens (tertiary/aromatic N) is 5. The van der Waals surface area contributed by atoms with Crippen molar-refractivity contribution < 1.29 is 4.79 Å². The van der Waals surface area contributed by atoms with E-state index in [-0.39, 0.29) is 18.0 Å². The molecule has 0 aliphatic carbocycles. The SMILES string of the molecule is O=C(c1ccncc1)N1Cc2nc3cc(-c4ccccn4)[nH]n3c(=O)c2C1. The summed E-state index contributed by atoms with van der Waals surface area (Å²) in [5.41, 5.74) is 3.48. The minimum absolute atomic E-state index is 0.141. The first kappa shape index (κ1) is 15.4. The molecule has 0 fully saturated rings. The molecule has 0 radical (unpaired) electrons. The lowest BCUT2D eigenvalue weighted by molar-refractivity contribution is 0.0750. The number of H-pyrrole nitrogens is 1. The number of amides is 1. The summed E-state index contributed by atoms with van der Waals surface area (Å²) in [7, 11) is 0. The van der Waals surface area contributed by atoms with Crippen LogP contribution in [0.4, 0.5) is 0 Å². The number of aromatic amines is 1. The van der Waals surface area contributed by atoms with Crippen LogP contribution < -0.4 is 5.56 Å². The highest BCUT2D eigenvalue weighted by Gasteiger charge is 2.29. The first-order valence-electron chi connectivity index (χ1n) is 8.45. The lowest BCUT2D eigenvalue weighted by Gasteiger charge is -2.14. The van der Waals surface area contributed by atoms with Crippen molar-refractivity contribution in [3.05, 3.63) is 82.2 Å². The van der Waals surface area contributed by atoms with Crippen LogP contribution in [-0.2, 0) is 13.1 Å². The third kappa shape index (κ3) is 2.50. The van der Waals surface area contributed by atoms with Gasteiger partial charge in [0.25, 0.3) is 11.5 Å². The van der Waals surface area contributed by atoms with E-state index in [4.69, 9.17) is 0 Å². The van der Waals surface area contributed by atoms with E-state index in [1.54, 1.807) is 41.7 Å². The Morgan fingerprint density at radius 2 is 1.93 bits per heavy atom. The van der Waals surface area contributed by atoms with E-state index in [1.165, 1.54) is 4.52 Å². The molecular formula is C19H14N6O2. The highest BCUT2D eigenvalue weighted by Crippen LogP contribution is 2.22. The number of pyridine rings is 2. The number of carbonyl (C=O) groups excluding carboxylic acids is 1. The van der Waals surface area contributed by atoms with E-state index in [2.05, 4.69) is 20.1 Å². The lowest BCUT2D eigenvalue weighted by Crippen LogP contribution is -2.26. The number of hydrogen-bond acceptors (Lipinski definition) is 5. The maximum Gasteiger partial charge on any atom is 0.278 e. The van der Waals surface area contributed by atoms with Gasteiger partial charge in [0.1, 0.15) is 0 Å². The van der Waals surface area contributed by atoms with Crippen LogP contribution in [0.15, 0.2) is 59.8 Å². The molecule has 5 rings (SSSR count). The molecule has 1 aliphatic rings. The summed E-state index contributed by atoms with van der Waals surface area (Å²) >= 11 is 0. The van der Waals surface area contributed by atoms with Crippen molar-refractivity contribution in [1.29, 1.82) is 0 Å². The molecule has 4 aromatic heterocycles. The number of rotatable bonds is 2. The third-order valence-corrected chi connectivity index (χ3v) is 4.64. The van der Waals surface area contributed by atoms with Crippen LogP contribution in [0.2, 0.25) is 0 Å². The summed E-state index contributed by atoms with van der Waals surface area (Å²) in [5.74, 6) is -0.141. The molecule has 0 unspecified atom stereocenters. The average molecular weight is 358 g/mol. The molecule has 0 bridgehead atoms. The van der Waals surface area contributed by atoms with Gasteiger partial charge in [-0.05, 0) is 24.3 Å². The Kier molecular flexibility index (Phi) is 3.36. The molecule has 0 saturated carbocycles. The van der Waals surface area contributed by atoms with Crippen molar-refractivity contribution in [3.63, 3.8) is 0 Å². The van der Waals surface area contributed by atoms with Gasteiger partial charge in [-0.25, -0.2) is 9.50 Å². The third-order valence-electron chi connectivity index (χ3n) is 4.64. The predicted octanol–water partition coefficient (Wildman–Crippen LogP) is 1.64. The minimum atomic E-state index is -0.192. The fraction of sp³-hybridized carbons (Fsp3) is 0.105. The van der Waals surface area contributed by atoms with Gasteiger partial charge in [-0.3, -0.25) is 24.7 Å². The Morgan fingerprint density at radius 1 is 1.07 bits per heavy atom. The highest BCUT2D eigenvalue weighted by molar-refractivity contribution is 5.94. The Balaban J connectivity index is 1.52. The smallest absolute Gasteiger partial charge is 0.278 e. The number of aromatic nitrogens is 5. The Hall–Kier alpha value is -3.81. The van der Waals surface area contributed by atoms with Crippen LogP contribution in [0, 0.1) is 0 Å². The monoisotopic (exact) mass is 358 g/mol. The Labute approximate surface area is 153 Å². The molecule has 27 heavy (non-hydrogen) atoms. The number of fused-ring (bicyclic) bond motifs is 2. The molecule has 0 saturated heterocycles. The van der Waals surface area contributed by atoms with E-state index in [9.17, 15) is 9.59 Å². The van der Waals surface area contributed by atoms with Gasteiger partial charge < -0.3 is 4.90 Å². The molecule has 0 aromatic carbocycles. The van der Waals surface area contributed by atoms with Crippen LogP contribution in [0.5, 0.6) is 0 Å². The topological polar surface area (TPSA) is 96.2 Å². The summed E-state index contributed by atoms with van der Waals surface area (Å²) in [5, 5.41) is 3.05. The maximum atomic E-state index is 12.9. The van der Waals surface area contributed by atoms with E-state index in [1.807, 2.05) is 18.2 Å². The van der Waals surface area contributed by atoms with Crippen LogP contribution in [-0.4, -0.2) is 35.4 Å². The van der Waals surface area contributed by atoms with Crippen molar-refractivity contribution >= 4 is 11.6 Å². The van der Waals surface area contributed by atoms with Crippen molar-refractivity contribution in [2.75, 3.05) is 0 Å². The van der Waals surface area contributed by atoms with Gasteiger partial charge in [0.05, 0.1) is 35.7 Å². The molecule has 1 amide bonds. The zero-order chi connectivity index (χ0) is 18.4. The lowest BCUT2D eigenvalue weighted by atomic mass is 10.2. The highest BCUT2D eigenvalue weighted by atomic mass is 16.2. The normalized spacial score (nSPS) is 13.1. The fourth-order valence-electron chi connectivity index (χ4n) is 3.30. The largest absolute Gasteiger partial charge is 0.328 e. The first-order chi connectivity index (χ1) is 13.2. The summed E-state index contributed by atoms with van der Waals surface area (Å²) < 4.78 is 1.41. The zero-order valence-electron chi connectivity index (χ0n) is 14.2. The Bertz CT molecular complexity index is 1210. The average Bonchev–Trinajstić information content (AvgIpc) is 3.34. The van der Waals surface area contributed by atoms with Crippen LogP contribution in [0.25, 0.3) is 17.0 Å². The van der Waals surface area contributed by atoms with Gasteiger partial charge >= 0.3 is 0 Å². The van der Waals surface area contributed by atoms with Crippen molar-refractivity contribution in [2.24, 2.45) is 0 Å². The summed E-state index contributed by atoms with van der Waals surface area (Å²) in [6, 6.07) is 10.7.